The highest BCUT2D eigenvalue weighted by Gasteiger charge is 2.49. The van der Waals surface area contributed by atoms with Crippen LogP contribution < -0.4 is 4.74 Å². The zero-order chi connectivity index (χ0) is 25.3. The molecule has 0 aromatic heterocycles. The van der Waals surface area contributed by atoms with Crippen molar-refractivity contribution in [1.29, 1.82) is 0 Å². The van der Waals surface area contributed by atoms with E-state index in [1.807, 2.05) is 54.6 Å². The summed E-state index contributed by atoms with van der Waals surface area (Å²) in [4.78, 5) is 12.8. The van der Waals surface area contributed by atoms with E-state index in [9.17, 15) is 15.0 Å². The lowest BCUT2D eigenvalue weighted by atomic mass is 9.98. The summed E-state index contributed by atoms with van der Waals surface area (Å²) in [6.45, 7) is -0.0673. The summed E-state index contributed by atoms with van der Waals surface area (Å²) in [6, 6.07) is 25.3. The average molecular weight is 495 g/mol. The van der Waals surface area contributed by atoms with Gasteiger partial charge in [0, 0.05) is 0 Å². The van der Waals surface area contributed by atoms with Gasteiger partial charge in [0.25, 0.3) is 0 Å². The van der Waals surface area contributed by atoms with Gasteiger partial charge >= 0.3 is 5.97 Å². The topological polar surface area (TPSA) is 104 Å². The second-order valence-electron chi connectivity index (χ2n) is 8.37. The summed E-state index contributed by atoms with van der Waals surface area (Å²) in [5.41, 5.74) is 2.07. The lowest BCUT2D eigenvalue weighted by Crippen LogP contribution is -2.61. The van der Waals surface area contributed by atoms with E-state index in [0.29, 0.717) is 11.3 Å². The van der Waals surface area contributed by atoms with Gasteiger partial charge in [0.15, 0.2) is 12.4 Å². The van der Waals surface area contributed by atoms with Crippen molar-refractivity contribution in [2.45, 2.75) is 43.9 Å². The number of hydrogen-bond acceptors (Lipinski definition) is 8. The van der Waals surface area contributed by atoms with Crippen LogP contribution >= 0.6 is 0 Å². The largest absolute Gasteiger partial charge is 0.497 e. The Hall–Kier alpha value is -3.27. The van der Waals surface area contributed by atoms with Crippen LogP contribution in [0.4, 0.5) is 0 Å². The fourth-order valence-electron chi connectivity index (χ4n) is 4.01. The second kappa shape index (κ2) is 12.6. The molecule has 36 heavy (non-hydrogen) atoms. The molecule has 2 N–H and O–H groups in total. The highest BCUT2D eigenvalue weighted by molar-refractivity contribution is 5.89. The van der Waals surface area contributed by atoms with Gasteiger partial charge in [0.1, 0.15) is 24.1 Å². The summed E-state index contributed by atoms with van der Waals surface area (Å²) in [5, 5.41) is 20.7. The predicted octanol–water partition coefficient (Wildman–Crippen LogP) is 3.10. The van der Waals surface area contributed by atoms with Gasteiger partial charge in [0.2, 0.25) is 0 Å². The molecule has 0 unspecified atom stereocenters. The molecule has 0 amide bonds. The molecule has 3 aromatic carbocycles. The first-order valence-electron chi connectivity index (χ1n) is 11.7. The molecule has 190 valence electrons. The molecule has 8 nitrogen and oxygen atoms in total. The number of benzene rings is 3. The summed E-state index contributed by atoms with van der Waals surface area (Å²) >= 11 is 0. The van der Waals surface area contributed by atoms with Crippen LogP contribution in [0.3, 0.4) is 0 Å². The van der Waals surface area contributed by atoms with Crippen molar-refractivity contribution < 1.29 is 38.7 Å². The zero-order valence-corrected chi connectivity index (χ0v) is 19.9. The molecule has 0 bridgehead atoms. The Morgan fingerprint density at radius 1 is 0.806 bits per heavy atom. The van der Waals surface area contributed by atoms with E-state index in [0.717, 1.165) is 11.1 Å². The van der Waals surface area contributed by atoms with Gasteiger partial charge in [0.05, 0.1) is 32.5 Å². The van der Waals surface area contributed by atoms with Crippen LogP contribution in [-0.2, 0) is 32.2 Å². The van der Waals surface area contributed by atoms with Crippen LogP contribution in [0.2, 0.25) is 0 Å². The summed E-state index contributed by atoms with van der Waals surface area (Å²) in [5.74, 6) is 0.0842. The van der Waals surface area contributed by atoms with Gasteiger partial charge in [-0.15, -0.1) is 0 Å². The van der Waals surface area contributed by atoms with Crippen molar-refractivity contribution in [3.8, 4) is 5.75 Å². The Balaban J connectivity index is 1.56. The van der Waals surface area contributed by atoms with E-state index < -0.39 is 43.3 Å². The van der Waals surface area contributed by atoms with Gasteiger partial charge in [-0.3, -0.25) is 0 Å². The minimum atomic E-state index is -1.52. The number of aliphatic hydroxyl groups excluding tert-OH is 2. The Kier molecular flexibility index (Phi) is 9.05. The molecule has 0 spiro atoms. The fraction of sp³-hybridized carbons (Fsp3) is 0.321. The fourth-order valence-corrected chi connectivity index (χ4v) is 4.01. The van der Waals surface area contributed by atoms with Crippen molar-refractivity contribution in [2.24, 2.45) is 0 Å². The number of aliphatic hydroxyl groups is 2. The first-order valence-corrected chi connectivity index (χ1v) is 11.7. The number of carbonyl (C=O) groups is 1. The van der Waals surface area contributed by atoms with E-state index in [1.165, 1.54) is 0 Å². The van der Waals surface area contributed by atoms with Crippen molar-refractivity contribution >= 4 is 5.97 Å². The molecular weight excluding hydrogens is 464 g/mol. The second-order valence-corrected chi connectivity index (χ2v) is 8.37. The van der Waals surface area contributed by atoms with Gasteiger partial charge in [-0.2, -0.15) is 0 Å². The molecule has 3 aromatic rings. The van der Waals surface area contributed by atoms with Crippen molar-refractivity contribution in [3.05, 3.63) is 102 Å². The number of esters is 1. The highest BCUT2D eigenvalue weighted by Crippen LogP contribution is 2.29. The third-order valence-electron chi connectivity index (χ3n) is 5.93. The molecule has 0 aliphatic carbocycles. The van der Waals surface area contributed by atoms with Crippen LogP contribution in [-0.4, -0.2) is 60.6 Å². The number of rotatable bonds is 10. The first kappa shape index (κ1) is 25.8. The lowest BCUT2D eigenvalue weighted by molar-refractivity contribution is -0.304. The summed E-state index contributed by atoms with van der Waals surface area (Å²) in [7, 11) is 1.59. The molecule has 1 heterocycles. The normalized spacial score (nSPS) is 23.7. The number of ether oxygens (including phenoxy) is 5. The average Bonchev–Trinajstić information content (AvgIpc) is 2.93. The van der Waals surface area contributed by atoms with E-state index in [1.54, 1.807) is 37.4 Å². The van der Waals surface area contributed by atoms with E-state index in [4.69, 9.17) is 23.7 Å². The summed E-state index contributed by atoms with van der Waals surface area (Å²) < 4.78 is 28.8. The maximum absolute atomic E-state index is 12.8. The molecule has 8 heteroatoms. The Bertz CT molecular complexity index is 1070. The third-order valence-corrected chi connectivity index (χ3v) is 5.93. The minimum Gasteiger partial charge on any atom is -0.497 e. The minimum absolute atomic E-state index is 0.176. The SMILES string of the molecule is COc1ccc(CO[C@H]2[C@H](OCc3ccccc3)[C@H](OC(=O)c3ccccc3)[C@@H](O)O[C@@H]2CO)cc1. The van der Waals surface area contributed by atoms with Crippen LogP contribution in [0.5, 0.6) is 5.75 Å². The van der Waals surface area contributed by atoms with E-state index in [2.05, 4.69) is 0 Å². The maximum atomic E-state index is 12.8. The number of hydrogen-bond donors (Lipinski definition) is 2. The molecule has 0 radical (unpaired) electrons. The molecule has 4 rings (SSSR count). The molecule has 1 fully saturated rings. The van der Waals surface area contributed by atoms with Gasteiger partial charge in [-0.1, -0.05) is 60.7 Å². The van der Waals surface area contributed by atoms with Crippen molar-refractivity contribution in [2.75, 3.05) is 13.7 Å². The molecular formula is C28H30O8. The van der Waals surface area contributed by atoms with E-state index in [-0.39, 0.29) is 13.2 Å². The third kappa shape index (κ3) is 6.48. The molecule has 1 aliphatic rings. The number of carbonyl (C=O) groups excluding carboxylic acids is 1. The van der Waals surface area contributed by atoms with Crippen LogP contribution in [0.15, 0.2) is 84.9 Å². The monoisotopic (exact) mass is 494 g/mol. The first-order chi connectivity index (χ1) is 17.6. The Morgan fingerprint density at radius 2 is 1.39 bits per heavy atom. The standard InChI is InChI=1S/C28H30O8/c1-32-22-14-12-20(13-15-22)18-33-24-23(16-29)35-28(31)26(36-27(30)21-10-6-3-7-11-21)25(24)34-17-19-8-4-2-5-9-19/h2-15,23-26,28-29,31H,16-18H2,1H3/t23-,24-,25+,26+,28+/m1/s1. The van der Waals surface area contributed by atoms with Crippen molar-refractivity contribution in [1.82, 2.24) is 0 Å². The predicted molar refractivity (Wildman–Crippen MR) is 130 cm³/mol. The van der Waals surface area contributed by atoms with Crippen LogP contribution in [0.1, 0.15) is 21.5 Å². The maximum Gasteiger partial charge on any atom is 0.338 e. The quantitative estimate of drug-likeness (QED) is 0.415. The zero-order valence-electron chi connectivity index (χ0n) is 19.9. The smallest absolute Gasteiger partial charge is 0.338 e. The molecule has 0 saturated carbocycles. The Morgan fingerprint density at radius 3 is 2.00 bits per heavy atom. The number of methoxy groups -OCH3 is 1. The van der Waals surface area contributed by atoms with Crippen LogP contribution in [0, 0.1) is 0 Å². The Labute approximate surface area is 210 Å². The van der Waals surface area contributed by atoms with Crippen LogP contribution in [0.25, 0.3) is 0 Å². The van der Waals surface area contributed by atoms with Gasteiger partial charge < -0.3 is 33.9 Å². The summed E-state index contributed by atoms with van der Waals surface area (Å²) in [6.07, 6.45) is -5.36. The highest BCUT2D eigenvalue weighted by atomic mass is 16.7. The van der Waals surface area contributed by atoms with Gasteiger partial charge in [-0.25, -0.2) is 4.79 Å². The van der Waals surface area contributed by atoms with E-state index >= 15 is 0 Å². The lowest BCUT2D eigenvalue weighted by Gasteiger charge is -2.43. The molecule has 1 aliphatic heterocycles. The van der Waals surface area contributed by atoms with Gasteiger partial charge in [-0.05, 0) is 35.4 Å². The molecule has 5 atom stereocenters. The molecule has 1 saturated heterocycles. The van der Waals surface area contributed by atoms with Crippen molar-refractivity contribution in [3.63, 3.8) is 0 Å².